The Morgan fingerprint density at radius 3 is 2.77 bits per heavy atom. The number of hydrogen-bond acceptors (Lipinski definition) is 4. The number of anilines is 2. The lowest BCUT2D eigenvalue weighted by Gasteiger charge is -2.32. The van der Waals surface area contributed by atoms with Gasteiger partial charge in [-0.15, -0.1) is 0 Å². The maximum Gasteiger partial charge on any atom is 0.410 e. The van der Waals surface area contributed by atoms with Crippen LogP contribution in [0.25, 0.3) is 0 Å². The van der Waals surface area contributed by atoms with Crippen molar-refractivity contribution in [3.05, 3.63) is 65.7 Å². The van der Waals surface area contributed by atoms with E-state index in [0.29, 0.717) is 12.2 Å². The molecule has 4 heterocycles. The molecule has 30 heavy (non-hydrogen) atoms. The molecule has 5 rings (SSSR count). The molecule has 156 valence electrons. The van der Waals surface area contributed by atoms with Crippen LogP contribution in [0, 0.1) is 0 Å². The summed E-state index contributed by atoms with van der Waals surface area (Å²) in [5.74, 6) is 0.145. The van der Waals surface area contributed by atoms with Gasteiger partial charge in [0, 0.05) is 24.2 Å². The Morgan fingerprint density at radius 1 is 1.23 bits per heavy atom. The van der Waals surface area contributed by atoms with Gasteiger partial charge in [0.2, 0.25) is 0 Å². The topological polar surface area (TPSA) is 63.3 Å². The van der Waals surface area contributed by atoms with Gasteiger partial charge in [-0.05, 0) is 37.1 Å². The van der Waals surface area contributed by atoms with Crippen LogP contribution in [0.5, 0.6) is 0 Å². The Morgan fingerprint density at radius 2 is 2.03 bits per heavy atom. The molecule has 9 heteroatoms. The van der Waals surface area contributed by atoms with Gasteiger partial charge in [-0.2, -0.15) is 18.3 Å². The second-order valence-corrected chi connectivity index (χ2v) is 7.72. The molecule has 6 nitrogen and oxygen atoms in total. The maximum atomic E-state index is 13.8. The van der Waals surface area contributed by atoms with Crippen LogP contribution in [0.4, 0.5) is 24.7 Å². The number of carbonyl (C=O) groups excluding carboxylic acids is 1. The van der Waals surface area contributed by atoms with Crippen molar-refractivity contribution in [1.82, 2.24) is 9.78 Å². The molecule has 0 unspecified atom stereocenters. The van der Waals surface area contributed by atoms with Gasteiger partial charge in [0.15, 0.2) is 11.7 Å². The van der Waals surface area contributed by atoms with Crippen molar-refractivity contribution in [2.75, 3.05) is 10.2 Å². The first-order valence-electron chi connectivity index (χ1n) is 9.70. The zero-order chi connectivity index (χ0) is 21.0. The van der Waals surface area contributed by atoms with E-state index < -0.39 is 24.2 Å². The van der Waals surface area contributed by atoms with Gasteiger partial charge in [-0.1, -0.05) is 18.2 Å². The Bertz CT molecular complexity index is 1090. The normalized spacial score (nSPS) is 23.1. The highest BCUT2D eigenvalue weighted by Gasteiger charge is 2.47. The third kappa shape index (κ3) is 2.96. The van der Waals surface area contributed by atoms with Crippen molar-refractivity contribution in [3.63, 3.8) is 0 Å². The summed E-state index contributed by atoms with van der Waals surface area (Å²) in [6.45, 7) is 1.91. The van der Waals surface area contributed by atoms with Crippen LogP contribution in [-0.4, -0.2) is 27.9 Å². The van der Waals surface area contributed by atoms with E-state index >= 15 is 0 Å². The van der Waals surface area contributed by atoms with Crippen LogP contribution in [0.15, 0.2) is 53.1 Å². The summed E-state index contributed by atoms with van der Waals surface area (Å²) in [5, 5.41) is 7.11. The molecule has 1 N–H and O–H groups in total. The van der Waals surface area contributed by atoms with Crippen molar-refractivity contribution in [3.8, 4) is 0 Å². The number of para-hydroxylation sites is 1. The third-order valence-electron chi connectivity index (χ3n) is 5.72. The quantitative estimate of drug-likeness (QED) is 0.656. The molecule has 2 aromatic heterocycles. The van der Waals surface area contributed by atoms with E-state index in [0.717, 1.165) is 15.9 Å². The molecule has 0 radical (unpaired) electrons. The van der Waals surface area contributed by atoms with Gasteiger partial charge in [-0.25, -0.2) is 4.68 Å². The Kier molecular flexibility index (Phi) is 4.16. The minimum atomic E-state index is -4.51. The number of aromatic nitrogens is 2. The predicted octanol–water partition coefficient (Wildman–Crippen LogP) is 4.73. The summed E-state index contributed by atoms with van der Waals surface area (Å²) >= 11 is 0. The molecule has 2 aliphatic heterocycles. The molecule has 0 saturated heterocycles. The molecule has 0 spiro atoms. The van der Waals surface area contributed by atoms with Crippen LogP contribution in [0.2, 0.25) is 0 Å². The second kappa shape index (κ2) is 6.65. The zero-order valence-corrected chi connectivity index (χ0v) is 16.1. The van der Waals surface area contributed by atoms with Gasteiger partial charge in [0.1, 0.15) is 11.6 Å². The summed E-state index contributed by atoms with van der Waals surface area (Å²) in [6, 6.07) is 9.58. The average molecular weight is 416 g/mol. The van der Waals surface area contributed by atoms with Gasteiger partial charge >= 0.3 is 6.18 Å². The first-order chi connectivity index (χ1) is 14.3. The lowest BCUT2D eigenvalue weighted by molar-refractivity contribution is -0.174. The average Bonchev–Trinajstić information content (AvgIpc) is 3.43. The van der Waals surface area contributed by atoms with E-state index in [-0.39, 0.29) is 24.0 Å². The first kappa shape index (κ1) is 18.8. The van der Waals surface area contributed by atoms with Crippen molar-refractivity contribution in [1.29, 1.82) is 0 Å². The lowest BCUT2D eigenvalue weighted by Crippen LogP contribution is -2.37. The highest BCUT2D eigenvalue weighted by Crippen LogP contribution is 2.44. The van der Waals surface area contributed by atoms with Crippen LogP contribution in [0.1, 0.15) is 47.2 Å². The molecular weight excluding hydrogens is 397 g/mol. The molecule has 0 fully saturated rings. The fraction of sp³-hybridized carbons (Fsp3) is 0.333. The number of benzene rings is 1. The molecule has 2 aliphatic rings. The van der Waals surface area contributed by atoms with E-state index in [4.69, 9.17) is 4.42 Å². The van der Waals surface area contributed by atoms with E-state index in [1.807, 2.05) is 31.2 Å². The molecular formula is C21H19F3N4O2. The standard InChI is InChI=1S/C21H19F3N4O2/c1-12-9-13-5-2-3-6-16(13)27(12)20(29)15-11-19-25-14(17-7-4-8-30-17)10-18(21(22,23)24)28(19)26-15/h2-8,11-12,14,18,25H,9-10H2,1H3/t12-,14-,18-/m1/s1. The lowest BCUT2D eigenvalue weighted by atomic mass is 10.0. The van der Waals surface area contributed by atoms with Gasteiger partial charge < -0.3 is 14.6 Å². The molecule has 0 bridgehead atoms. The minimum Gasteiger partial charge on any atom is -0.467 e. The number of furan rings is 1. The molecule has 0 aliphatic carbocycles. The van der Waals surface area contributed by atoms with E-state index in [2.05, 4.69) is 10.4 Å². The first-order valence-corrected chi connectivity index (χ1v) is 9.70. The van der Waals surface area contributed by atoms with Crippen LogP contribution in [0.3, 0.4) is 0 Å². The van der Waals surface area contributed by atoms with Crippen LogP contribution < -0.4 is 10.2 Å². The molecule has 3 atom stereocenters. The molecule has 3 aromatic rings. The highest BCUT2D eigenvalue weighted by atomic mass is 19.4. The number of fused-ring (bicyclic) bond motifs is 2. The number of amides is 1. The smallest absolute Gasteiger partial charge is 0.410 e. The summed E-state index contributed by atoms with van der Waals surface area (Å²) < 4.78 is 47.5. The summed E-state index contributed by atoms with van der Waals surface area (Å²) in [4.78, 5) is 14.8. The maximum absolute atomic E-state index is 13.8. The monoisotopic (exact) mass is 416 g/mol. The number of alkyl halides is 3. The molecule has 0 saturated carbocycles. The summed E-state index contributed by atoms with van der Waals surface area (Å²) in [6.07, 6.45) is -2.67. The number of carbonyl (C=O) groups is 1. The number of nitrogens with one attached hydrogen (secondary N) is 1. The number of rotatable bonds is 2. The largest absolute Gasteiger partial charge is 0.467 e. The second-order valence-electron chi connectivity index (χ2n) is 7.72. The van der Waals surface area contributed by atoms with Gasteiger partial charge in [0.05, 0.1) is 12.3 Å². The van der Waals surface area contributed by atoms with Crippen molar-refractivity contribution < 1.29 is 22.4 Å². The Balaban J connectivity index is 1.52. The summed E-state index contributed by atoms with van der Waals surface area (Å²) in [7, 11) is 0. The van der Waals surface area contributed by atoms with Crippen LogP contribution in [-0.2, 0) is 6.42 Å². The Hall–Kier alpha value is -3.23. The summed E-state index contributed by atoms with van der Waals surface area (Å²) in [5.41, 5.74) is 1.79. The predicted molar refractivity (Wildman–Crippen MR) is 103 cm³/mol. The fourth-order valence-electron chi connectivity index (χ4n) is 4.35. The number of hydrogen-bond donors (Lipinski definition) is 1. The zero-order valence-electron chi connectivity index (χ0n) is 16.1. The van der Waals surface area contributed by atoms with Crippen molar-refractivity contribution in [2.45, 2.75) is 44.1 Å². The number of halogens is 3. The molecule has 1 amide bonds. The van der Waals surface area contributed by atoms with Crippen molar-refractivity contribution in [2.24, 2.45) is 0 Å². The van der Waals surface area contributed by atoms with Crippen LogP contribution >= 0.6 is 0 Å². The van der Waals surface area contributed by atoms with E-state index in [9.17, 15) is 18.0 Å². The van der Waals surface area contributed by atoms with Gasteiger partial charge in [0.25, 0.3) is 5.91 Å². The molecule has 1 aromatic carbocycles. The van der Waals surface area contributed by atoms with Crippen molar-refractivity contribution >= 4 is 17.4 Å². The third-order valence-corrected chi connectivity index (χ3v) is 5.72. The van der Waals surface area contributed by atoms with Gasteiger partial charge in [-0.3, -0.25) is 4.79 Å². The van der Waals surface area contributed by atoms with E-state index in [1.54, 1.807) is 17.0 Å². The minimum absolute atomic E-state index is 0.0182. The number of nitrogens with zero attached hydrogens (tertiary/aromatic N) is 3. The Labute approximate surface area is 170 Å². The fourth-order valence-corrected chi connectivity index (χ4v) is 4.35. The highest BCUT2D eigenvalue weighted by molar-refractivity contribution is 6.07. The van der Waals surface area contributed by atoms with E-state index in [1.165, 1.54) is 12.3 Å². The SMILES string of the molecule is C[C@@H]1Cc2ccccc2N1C(=O)c1cc2n(n1)[C@@H](C(F)(F)F)C[C@H](c1ccco1)N2.